The van der Waals surface area contributed by atoms with E-state index in [2.05, 4.69) is 11.0 Å². The molecule has 2 atom stereocenters. The van der Waals surface area contributed by atoms with Crippen molar-refractivity contribution in [3.63, 3.8) is 0 Å². The number of carbonyl (C=O) groups excluding carboxylic acids is 2. The predicted molar refractivity (Wildman–Crippen MR) is 147 cm³/mol. The van der Waals surface area contributed by atoms with Gasteiger partial charge < -0.3 is 19.3 Å². The highest BCUT2D eigenvalue weighted by Gasteiger charge is 2.34. The van der Waals surface area contributed by atoms with Gasteiger partial charge in [-0.1, -0.05) is 48.0 Å². The fourth-order valence-electron chi connectivity index (χ4n) is 5.94. The molecule has 2 aromatic rings. The van der Waals surface area contributed by atoms with Gasteiger partial charge in [0.1, 0.15) is 5.75 Å². The summed E-state index contributed by atoms with van der Waals surface area (Å²) in [5.74, 6) is 1.79. The average Bonchev–Trinajstić information content (AvgIpc) is 2.94. The van der Waals surface area contributed by atoms with Crippen molar-refractivity contribution in [1.82, 2.24) is 14.7 Å². The van der Waals surface area contributed by atoms with Crippen LogP contribution in [0.15, 0.2) is 48.5 Å². The second-order valence-corrected chi connectivity index (χ2v) is 11.1. The molecule has 0 unspecified atom stereocenters. The Labute approximate surface area is 230 Å². The second kappa shape index (κ2) is 13.0. The molecule has 0 aliphatic carbocycles. The number of hydrogen-bond donors (Lipinski definition) is 0. The van der Waals surface area contributed by atoms with Crippen LogP contribution >= 0.6 is 11.6 Å². The molecule has 8 heteroatoms. The minimum absolute atomic E-state index is 0.137. The van der Waals surface area contributed by atoms with Crippen LogP contribution in [0.3, 0.4) is 0 Å². The Morgan fingerprint density at radius 1 is 0.947 bits per heavy atom. The normalized spacial score (nSPS) is 23.4. The zero-order valence-electron chi connectivity index (χ0n) is 22.0. The fourth-order valence-corrected chi connectivity index (χ4v) is 6.14. The predicted octanol–water partition coefficient (Wildman–Crippen LogP) is 4.23. The van der Waals surface area contributed by atoms with Crippen molar-refractivity contribution >= 4 is 23.4 Å². The Balaban J connectivity index is 1.33. The Hall–Kier alpha value is -2.61. The van der Waals surface area contributed by atoms with Crippen molar-refractivity contribution in [2.45, 2.75) is 38.8 Å². The van der Waals surface area contributed by atoms with Crippen LogP contribution in [0.25, 0.3) is 0 Å². The summed E-state index contributed by atoms with van der Waals surface area (Å²) in [5.41, 5.74) is 2.07. The lowest BCUT2D eigenvalue weighted by molar-refractivity contribution is -0.139. The van der Waals surface area contributed by atoms with Gasteiger partial charge in [-0.25, -0.2) is 0 Å². The molecule has 2 amide bonds. The molecule has 204 valence electrons. The summed E-state index contributed by atoms with van der Waals surface area (Å²) in [4.78, 5) is 32.8. The number of hydrogen-bond acceptors (Lipinski definition) is 5. The molecular formula is C30H38ClN3O4. The summed E-state index contributed by atoms with van der Waals surface area (Å²) < 4.78 is 11.7. The Morgan fingerprint density at radius 3 is 2.58 bits per heavy atom. The topological polar surface area (TPSA) is 62.3 Å². The Kier molecular flexibility index (Phi) is 9.20. The van der Waals surface area contributed by atoms with Gasteiger partial charge in [-0.3, -0.25) is 14.5 Å². The van der Waals surface area contributed by atoms with Gasteiger partial charge in [0.15, 0.2) is 0 Å². The van der Waals surface area contributed by atoms with E-state index in [9.17, 15) is 9.59 Å². The van der Waals surface area contributed by atoms with E-state index in [4.69, 9.17) is 21.1 Å². The van der Waals surface area contributed by atoms with E-state index >= 15 is 0 Å². The highest BCUT2D eigenvalue weighted by atomic mass is 35.5. The van der Waals surface area contributed by atoms with Gasteiger partial charge in [0, 0.05) is 56.3 Å². The standard InChI is InChI=1S/C30H38ClN3O4/c31-27-9-3-1-6-25(27)19-32-20-26-7-2-4-10-28(26)38-15-5-8-24-21-34(30(36)22-32)12-11-23(24)18-29(35)33-13-16-37-17-14-33/h1-4,6-7,9-10,23-24H,5,8,11-22H2/t23-,24-/m0/s1. The number of rotatable bonds is 4. The minimum atomic E-state index is 0.137. The number of nitrogens with zero attached hydrogens (tertiary/aromatic N) is 3. The lowest BCUT2D eigenvalue weighted by atomic mass is 9.80. The molecule has 2 aromatic carbocycles. The maximum Gasteiger partial charge on any atom is 0.236 e. The van der Waals surface area contributed by atoms with Crippen molar-refractivity contribution in [2.75, 3.05) is 52.5 Å². The van der Waals surface area contributed by atoms with Crippen LogP contribution in [0.4, 0.5) is 0 Å². The molecule has 38 heavy (non-hydrogen) atoms. The Morgan fingerprint density at radius 2 is 1.74 bits per heavy atom. The number of morpholine rings is 1. The summed E-state index contributed by atoms with van der Waals surface area (Å²) in [7, 11) is 0. The third kappa shape index (κ3) is 6.87. The van der Waals surface area contributed by atoms with Crippen LogP contribution in [0.2, 0.25) is 5.02 Å². The first kappa shape index (κ1) is 27.0. The van der Waals surface area contributed by atoms with Gasteiger partial charge in [-0.05, 0) is 48.8 Å². The molecule has 2 bridgehead atoms. The molecule has 0 aromatic heterocycles. The van der Waals surface area contributed by atoms with E-state index in [1.54, 1.807) is 0 Å². The number of ether oxygens (including phenoxy) is 2. The largest absolute Gasteiger partial charge is 0.493 e. The molecule has 0 N–H and O–H groups in total. The zero-order chi connectivity index (χ0) is 26.3. The summed E-state index contributed by atoms with van der Waals surface area (Å²) >= 11 is 6.49. The average molecular weight is 540 g/mol. The SMILES string of the molecule is O=C(C[C@@H]1CCN2C[C@@H]1CCCOc1ccccc1CN(Cc1ccccc1Cl)CC2=O)N1CCOCC1. The van der Waals surface area contributed by atoms with Gasteiger partial charge in [0.25, 0.3) is 0 Å². The third-order valence-electron chi connectivity index (χ3n) is 8.10. The summed E-state index contributed by atoms with van der Waals surface area (Å²) in [6, 6.07) is 15.9. The quantitative estimate of drug-likeness (QED) is 0.582. The van der Waals surface area contributed by atoms with E-state index in [1.807, 2.05) is 52.3 Å². The monoisotopic (exact) mass is 539 g/mol. The first-order chi connectivity index (χ1) is 18.6. The number of carbonyl (C=O) groups is 2. The third-order valence-corrected chi connectivity index (χ3v) is 8.47. The van der Waals surface area contributed by atoms with Crippen molar-refractivity contribution in [2.24, 2.45) is 11.8 Å². The molecule has 3 aliphatic heterocycles. The maximum atomic E-state index is 13.6. The molecule has 2 saturated heterocycles. The van der Waals surface area contributed by atoms with Gasteiger partial charge in [0.2, 0.25) is 11.8 Å². The highest BCUT2D eigenvalue weighted by molar-refractivity contribution is 6.31. The number of halogens is 1. The number of fused-ring (bicyclic) bond motifs is 3. The van der Waals surface area contributed by atoms with Crippen molar-refractivity contribution in [1.29, 1.82) is 0 Å². The number of para-hydroxylation sites is 1. The van der Waals surface area contributed by atoms with Gasteiger partial charge >= 0.3 is 0 Å². The maximum absolute atomic E-state index is 13.6. The van der Waals surface area contributed by atoms with Crippen LogP contribution in [-0.4, -0.2) is 79.1 Å². The van der Waals surface area contributed by atoms with Crippen LogP contribution in [0, 0.1) is 11.8 Å². The number of amides is 2. The first-order valence-corrected chi connectivity index (χ1v) is 14.2. The number of piperidine rings is 1. The lowest BCUT2D eigenvalue weighted by Gasteiger charge is -2.40. The summed E-state index contributed by atoms with van der Waals surface area (Å²) in [5, 5.41) is 0.707. The van der Waals surface area contributed by atoms with Crippen LogP contribution in [0.5, 0.6) is 5.75 Å². The molecule has 2 fully saturated rings. The summed E-state index contributed by atoms with van der Waals surface area (Å²) in [6.07, 6.45) is 3.25. The fraction of sp³-hybridized carbons (Fsp3) is 0.533. The molecule has 7 nitrogen and oxygen atoms in total. The van der Waals surface area contributed by atoms with Crippen LogP contribution in [-0.2, 0) is 27.4 Å². The molecule has 0 saturated carbocycles. The molecule has 5 rings (SSSR count). The minimum Gasteiger partial charge on any atom is -0.493 e. The molecule has 3 aliphatic rings. The van der Waals surface area contributed by atoms with Gasteiger partial charge in [-0.2, -0.15) is 0 Å². The molecule has 0 radical (unpaired) electrons. The van der Waals surface area contributed by atoms with E-state index in [1.165, 1.54) is 0 Å². The first-order valence-electron chi connectivity index (χ1n) is 13.9. The van der Waals surface area contributed by atoms with E-state index in [0.717, 1.165) is 36.1 Å². The lowest BCUT2D eigenvalue weighted by Crippen LogP contribution is -2.49. The Bertz CT molecular complexity index is 1110. The van der Waals surface area contributed by atoms with Crippen LogP contribution in [0.1, 0.15) is 36.8 Å². The van der Waals surface area contributed by atoms with Crippen molar-refractivity contribution in [3.05, 3.63) is 64.7 Å². The van der Waals surface area contributed by atoms with E-state index < -0.39 is 0 Å². The summed E-state index contributed by atoms with van der Waals surface area (Å²) in [6.45, 7) is 6.09. The zero-order valence-corrected chi connectivity index (χ0v) is 22.8. The second-order valence-electron chi connectivity index (χ2n) is 10.7. The van der Waals surface area contributed by atoms with Crippen molar-refractivity contribution < 1.29 is 19.1 Å². The van der Waals surface area contributed by atoms with E-state index in [0.29, 0.717) is 77.1 Å². The van der Waals surface area contributed by atoms with Crippen LogP contribution < -0.4 is 4.74 Å². The number of benzene rings is 2. The highest BCUT2D eigenvalue weighted by Crippen LogP contribution is 2.32. The molecular weight excluding hydrogens is 502 g/mol. The van der Waals surface area contributed by atoms with Gasteiger partial charge in [-0.15, -0.1) is 0 Å². The molecule has 3 heterocycles. The van der Waals surface area contributed by atoms with E-state index in [-0.39, 0.29) is 23.7 Å². The smallest absolute Gasteiger partial charge is 0.236 e. The molecule has 0 spiro atoms. The van der Waals surface area contributed by atoms with Crippen molar-refractivity contribution in [3.8, 4) is 5.75 Å². The van der Waals surface area contributed by atoms with Gasteiger partial charge in [0.05, 0.1) is 26.4 Å².